The number of nitrogens with one attached hydrogen (secondary N) is 1. The standard InChI is InChI=1S/C18H17N4O2S2.C2H6.CH3.U/c1-21-15-14(16(25)22(18(21)24)9-11-7-8-11)19-17(20-15)26-10-13(23)12-5-3-2-4-6-12;1-2;;/h3-6,11H,7-10H2,1H3,(H,19,20);1-2H3;1H3;/q-1;;-1;+2. The van der Waals surface area contributed by atoms with E-state index in [0.29, 0.717) is 39.0 Å². The SMILES string of the molecule is CC.Cn1c(=O)n(CC2CC2)c(=S)c2[nH]c(SCC(=O)c3cc[c-]cc3)nc21.[CH3-].[U+2]. The molecular weight excluding hydrogens is 642 g/mol. The topological polar surface area (TPSA) is 72.7 Å². The Morgan fingerprint density at radius 2 is 1.97 bits per heavy atom. The van der Waals surface area contributed by atoms with Crippen molar-refractivity contribution in [3.63, 3.8) is 0 Å². The normalized spacial score (nSPS) is 12.4. The molecule has 0 bridgehead atoms. The molecular formula is C21H26N4O2S2U. The van der Waals surface area contributed by atoms with Crippen LogP contribution >= 0.6 is 24.0 Å². The third-order valence-electron chi connectivity index (χ3n) is 4.48. The molecule has 0 saturated heterocycles. The molecule has 3 aromatic rings. The number of H-pyrrole nitrogens is 1. The largest absolute Gasteiger partial charge is 2.00 e. The molecule has 1 saturated carbocycles. The van der Waals surface area contributed by atoms with Crippen LogP contribution in [-0.4, -0.2) is 30.6 Å². The predicted octanol–water partition coefficient (Wildman–Crippen LogP) is 4.45. The summed E-state index contributed by atoms with van der Waals surface area (Å²) < 4.78 is 3.65. The molecule has 4 rings (SSSR count). The zero-order chi connectivity index (χ0) is 20.3. The van der Waals surface area contributed by atoms with Gasteiger partial charge in [-0.15, -0.1) is 0 Å². The first-order valence-corrected chi connectivity index (χ1v) is 10.8. The summed E-state index contributed by atoms with van der Waals surface area (Å²) in [5.41, 5.74) is 1.70. The van der Waals surface area contributed by atoms with Crippen molar-refractivity contribution in [3.8, 4) is 0 Å². The van der Waals surface area contributed by atoms with Gasteiger partial charge in [0, 0.05) is 13.6 Å². The molecule has 9 heteroatoms. The number of carbonyl (C=O) groups is 1. The van der Waals surface area contributed by atoms with E-state index in [1.165, 1.54) is 16.3 Å². The first kappa shape index (κ1) is 26.9. The molecule has 158 valence electrons. The number of aromatic amines is 1. The van der Waals surface area contributed by atoms with Crippen LogP contribution in [0.15, 0.2) is 34.2 Å². The molecule has 1 aromatic carbocycles. The van der Waals surface area contributed by atoms with E-state index in [9.17, 15) is 9.59 Å². The monoisotopic (exact) mass is 668 g/mol. The smallest absolute Gasteiger partial charge is 0.358 e. The summed E-state index contributed by atoms with van der Waals surface area (Å²) in [7, 11) is 1.70. The summed E-state index contributed by atoms with van der Waals surface area (Å²) in [5.74, 6) is 0.817. The van der Waals surface area contributed by atoms with Crippen LogP contribution in [0.1, 0.15) is 37.0 Å². The second kappa shape index (κ2) is 12.0. The van der Waals surface area contributed by atoms with E-state index in [4.69, 9.17) is 12.2 Å². The Balaban J connectivity index is 0.00000109. The molecule has 0 atom stereocenters. The first-order valence-electron chi connectivity index (χ1n) is 9.36. The number of fused-ring (bicyclic) bond motifs is 1. The van der Waals surface area contributed by atoms with Gasteiger partial charge in [-0.05, 0) is 18.8 Å². The predicted molar refractivity (Wildman–Crippen MR) is 121 cm³/mol. The third kappa shape index (κ3) is 5.97. The van der Waals surface area contributed by atoms with Crippen LogP contribution in [0, 0.1) is 55.2 Å². The quantitative estimate of drug-likeness (QED) is 0.182. The maximum absolute atomic E-state index is 12.6. The summed E-state index contributed by atoms with van der Waals surface area (Å²) in [6.07, 6.45) is 2.29. The molecule has 6 nitrogen and oxygen atoms in total. The third-order valence-corrected chi connectivity index (χ3v) is 5.77. The fourth-order valence-electron chi connectivity index (χ4n) is 2.81. The van der Waals surface area contributed by atoms with Crippen LogP contribution in [0.3, 0.4) is 0 Å². The fourth-order valence-corrected chi connectivity index (χ4v) is 3.86. The van der Waals surface area contributed by atoms with E-state index < -0.39 is 0 Å². The Labute approximate surface area is 210 Å². The molecule has 2 heterocycles. The minimum atomic E-state index is -0.144. The minimum Gasteiger partial charge on any atom is -0.358 e. The van der Waals surface area contributed by atoms with Gasteiger partial charge in [-0.25, -0.2) is 9.78 Å². The Morgan fingerprint density at radius 3 is 2.57 bits per heavy atom. The Kier molecular flexibility index (Phi) is 10.8. The Hall–Kier alpha value is -1.14. The molecule has 1 fully saturated rings. The van der Waals surface area contributed by atoms with Crippen molar-refractivity contribution in [2.75, 3.05) is 5.75 Å². The van der Waals surface area contributed by atoms with Gasteiger partial charge in [0.25, 0.3) is 0 Å². The van der Waals surface area contributed by atoms with Gasteiger partial charge in [-0.3, -0.25) is 13.9 Å². The van der Waals surface area contributed by atoms with E-state index in [2.05, 4.69) is 16.0 Å². The van der Waals surface area contributed by atoms with Gasteiger partial charge in [0.15, 0.2) is 10.8 Å². The number of ketones is 1. The van der Waals surface area contributed by atoms with E-state index in [0.717, 1.165) is 12.8 Å². The molecule has 30 heavy (non-hydrogen) atoms. The molecule has 0 radical (unpaired) electrons. The van der Waals surface area contributed by atoms with Crippen LogP contribution in [0.4, 0.5) is 0 Å². The van der Waals surface area contributed by atoms with Crippen molar-refractivity contribution in [3.05, 3.63) is 58.4 Å². The van der Waals surface area contributed by atoms with Crippen LogP contribution < -0.4 is 5.69 Å². The van der Waals surface area contributed by atoms with Crippen LogP contribution in [-0.2, 0) is 13.6 Å². The number of thioether (sulfide) groups is 1. The molecule has 0 unspecified atom stereocenters. The molecule has 2 aromatic heterocycles. The number of hydrogen-bond acceptors (Lipinski definition) is 5. The Bertz CT molecular complexity index is 1100. The number of hydrogen-bond donors (Lipinski definition) is 1. The Morgan fingerprint density at radius 1 is 1.33 bits per heavy atom. The van der Waals surface area contributed by atoms with Gasteiger partial charge < -0.3 is 12.4 Å². The summed E-state index contributed by atoms with van der Waals surface area (Å²) >= 11 is 6.82. The number of aromatic nitrogens is 4. The summed E-state index contributed by atoms with van der Waals surface area (Å²) in [4.78, 5) is 32.5. The average molecular weight is 669 g/mol. The number of imidazole rings is 1. The zero-order valence-corrected chi connectivity index (χ0v) is 23.5. The minimum absolute atomic E-state index is 0. The fraction of sp³-hybridized carbons (Fsp3) is 0.381. The summed E-state index contributed by atoms with van der Waals surface area (Å²) in [6, 6.07) is 9.82. The van der Waals surface area contributed by atoms with Crippen LogP contribution in [0.5, 0.6) is 0 Å². The van der Waals surface area contributed by atoms with E-state index in [1.807, 2.05) is 13.8 Å². The number of rotatable bonds is 6. The second-order valence-electron chi connectivity index (χ2n) is 6.44. The number of aryl methyl sites for hydroxylation is 1. The van der Waals surface area contributed by atoms with Gasteiger partial charge in [0.1, 0.15) is 15.9 Å². The summed E-state index contributed by atoms with van der Waals surface area (Å²) in [6.45, 7) is 4.66. The van der Waals surface area contributed by atoms with Gasteiger partial charge in [0.05, 0.1) is 5.75 Å². The maximum Gasteiger partial charge on any atom is 2.00 e. The van der Waals surface area contributed by atoms with Crippen molar-refractivity contribution in [2.24, 2.45) is 13.0 Å². The van der Waals surface area contributed by atoms with Crippen molar-refractivity contribution in [2.45, 2.75) is 38.4 Å². The average Bonchev–Trinajstić information content (AvgIpc) is 3.46. The number of carbonyl (C=O) groups excluding carboxylic acids is 1. The number of nitrogens with zero attached hydrogens (tertiary/aromatic N) is 3. The van der Waals surface area contributed by atoms with Crippen molar-refractivity contribution in [1.29, 1.82) is 0 Å². The van der Waals surface area contributed by atoms with Crippen molar-refractivity contribution in [1.82, 2.24) is 19.1 Å². The summed E-state index contributed by atoms with van der Waals surface area (Å²) in [5, 5.41) is 0.584. The molecule has 1 N–H and O–H groups in total. The van der Waals surface area contributed by atoms with Gasteiger partial charge in [-0.2, -0.15) is 30.3 Å². The zero-order valence-electron chi connectivity index (χ0n) is 17.7. The molecule has 0 amide bonds. The van der Waals surface area contributed by atoms with Crippen LogP contribution in [0.2, 0.25) is 0 Å². The van der Waals surface area contributed by atoms with Crippen molar-refractivity contribution >= 4 is 40.9 Å². The second-order valence-corrected chi connectivity index (χ2v) is 7.79. The molecule has 0 aliphatic heterocycles. The molecule has 0 spiro atoms. The van der Waals surface area contributed by atoms with E-state index >= 15 is 0 Å². The van der Waals surface area contributed by atoms with E-state index in [1.54, 1.807) is 35.9 Å². The van der Waals surface area contributed by atoms with Gasteiger partial charge in [0.2, 0.25) is 0 Å². The molecule has 1 aliphatic carbocycles. The molecule has 1 aliphatic rings. The van der Waals surface area contributed by atoms with Gasteiger partial charge >= 0.3 is 36.8 Å². The van der Waals surface area contributed by atoms with E-state index in [-0.39, 0.29) is 55.8 Å². The maximum atomic E-state index is 12.6. The van der Waals surface area contributed by atoms with Crippen molar-refractivity contribution < 1.29 is 35.9 Å². The first-order chi connectivity index (χ1) is 13.5. The van der Waals surface area contributed by atoms with Gasteiger partial charge in [-0.1, -0.05) is 43.4 Å². The van der Waals surface area contributed by atoms with Crippen LogP contribution in [0.25, 0.3) is 11.2 Å². The number of Topliss-reactive ketones (excluding diaryl/α,β-unsaturated/α-hetero) is 1. The number of benzene rings is 1.